The monoisotopic (exact) mass is 234 g/mol. The van der Waals surface area contributed by atoms with Gasteiger partial charge in [0.15, 0.2) is 0 Å². The van der Waals surface area contributed by atoms with Crippen molar-refractivity contribution in [1.29, 1.82) is 0 Å². The number of fused-ring (bicyclic) bond motifs is 1. The van der Waals surface area contributed by atoms with Crippen molar-refractivity contribution >= 4 is 17.6 Å². The summed E-state index contributed by atoms with van der Waals surface area (Å²) in [6, 6.07) is 7.18. The van der Waals surface area contributed by atoms with Crippen LogP contribution in [-0.4, -0.2) is 24.6 Å². The fourth-order valence-corrected chi connectivity index (χ4v) is 1.76. The standard InChI is InChI=1S/C12H14N2O3/c1-2-17-11(15)7-10-13-9-6-4-3-5-8(9)12(16)14-10/h3-6,10,13H,2,7H2,1H3,(H,14,16). The fourth-order valence-electron chi connectivity index (χ4n) is 1.76. The van der Waals surface area contributed by atoms with E-state index in [-0.39, 0.29) is 18.3 Å². The summed E-state index contributed by atoms with van der Waals surface area (Å²) < 4.78 is 4.84. The Morgan fingerprint density at radius 2 is 2.12 bits per heavy atom. The van der Waals surface area contributed by atoms with Crippen LogP contribution in [0.1, 0.15) is 23.7 Å². The summed E-state index contributed by atoms with van der Waals surface area (Å²) in [4.78, 5) is 23.0. The first-order valence-electron chi connectivity index (χ1n) is 5.52. The van der Waals surface area contributed by atoms with Crippen molar-refractivity contribution in [3.8, 4) is 0 Å². The third-order valence-corrected chi connectivity index (χ3v) is 2.48. The molecular formula is C12H14N2O3. The molecule has 0 aromatic heterocycles. The molecule has 0 saturated carbocycles. The van der Waals surface area contributed by atoms with Gasteiger partial charge in [-0.25, -0.2) is 0 Å². The summed E-state index contributed by atoms with van der Waals surface area (Å²) in [6.07, 6.45) is -0.287. The van der Waals surface area contributed by atoms with Crippen LogP contribution in [0.4, 0.5) is 5.69 Å². The third kappa shape index (κ3) is 2.55. The molecule has 1 heterocycles. The number of carbonyl (C=O) groups is 2. The molecule has 1 unspecified atom stereocenters. The second kappa shape index (κ2) is 4.86. The van der Waals surface area contributed by atoms with E-state index in [2.05, 4.69) is 10.6 Å². The zero-order valence-corrected chi connectivity index (χ0v) is 9.53. The van der Waals surface area contributed by atoms with Crippen LogP contribution in [0.3, 0.4) is 0 Å². The van der Waals surface area contributed by atoms with Gasteiger partial charge >= 0.3 is 5.97 Å². The molecule has 2 rings (SSSR count). The van der Waals surface area contributed by atoms with Crippen molar-refractivity contribution < 1.29 is 14.3 Å². The largest absolute Gasteiger partial charge is 0.466 e. The van der Waals surface area contributed by atoms with Gasteiger partial charge in [-0.05, 0) is 19.1 Å². The number of anilines is 1. The average molecular weight is 234 g/mol. The lowest BCUT2D eigenvalue weighted by Gasteiger charge is -2.27. The number of amides is 1. The van der Waals surface area contributed by atoms with Gasteiger partial charge in [0.25, 0.3) is 5.91 Å². The second-order valence-corrected chi connectivity index (χ2v) is 3.73. The summed E-state index contributed by atoms with van der Waals surface area (Å²) in [5.41, 5.74) is 1.33. The number of nitrogens with one attached hydrogen (secondary N) is 2. The van der Waals surface area contributed by atoms with E-state index in [4.69, 9.17) is 4.74 Å². The third-order valence-electron chi connectivity index (χ3n) is 2.48. The zero-order valence-electron chi connectivity index (χ0n) is 9.53. The number of carbonyl (C=O) groups excluding carboxylic acids is 2. The molecular weight excluding hydrogens is 220 g/mol. The van der Waals surface area contributed by atoms with Crippen molar-refractivity contribution in [2.75, 3.05) is 11.9 Å². The van der Waals surface area contributed by atoms with Gasteiger partial charge in [0.1, 0.15) is 6.17 Å². The average Bonchev–Trinajstić information content (AvgIpc) is 2.29. The van der Waals surface area contributed by atoms with Crippen LogP contribution < -0.4 is 10.6 Å². The van der Waals surface area contributed by atoms with Gasteiger partial charge in [-0.15, -0.1) is 0 Å². The van der Waals surface area contributed by atoms with E-state index in [1.54, 1.807) is 19.1 Å². The molecule has 1 amide bonds. The molecule has 1 aliphatic rings. The topological polar surface area (TPSA) is 67.4 Å². The Labute approximate surface area is 99.2 Å². The molecule has 5 nitrogen and oxygen atoms in total. The molecule has 1 atom stereocenters. The molecule has 90 valence electrons. The van der Waals surface area contributed by atoms with Crippen LogP contribution in [0.2, 0.25) is 0 Å². The van der Waals surface area contributed by atoms with Gasteiger partial charge in [0.2, 0.25) is 0 Å². The number of esters is 1. The molecule has 1 aromatic rings. The Hall–Kier alpha value is -2.04. The van der Waals surface area contributed by atoms with Crippen LogP contribution in [-0.2, 0) is 9.53 Å². The van der Waals surface area contributed by atoms with Gasteiger partial charge in [0.05, 0.1) is 18.6 Å². The van der Waals surface area contributed by atoms with E-state index in [1.807, 2.05) is 12.1 Å². The first-order chi connectivity index (χ1) is 8.20. The minimum atomic E-state index is -0.406. The highest BCUT2D eigenvalue weighted by Gasteiger charge is 2.24. The molecule has 1 aliphatic heterocycles. The van der Waals surface area contributed by atoms with Crippen LogP contribution in [0.15, 0.2) is 24.3 Å². The number of hydrogen-bond donors (Lipinski definition) is 2. The summed E-state index contributed by atoms with van der Waals surface area (Å²) in [5.74, 6) is -0.502. The summed E-state index contributed by atoms with van der Waals surface area (Å²) in [5, 5.41) is 5.79. The van der Waals surface area contributed by atoms with Crippen molar-refractivity contribution in [3.63, 3.8) is 0 Å². The highest BCUT2D eigenvalue weighted by molar-refractivity contribution is 6.01. The molecule has 0 bridgehead atoms. The Morgan fingerprint density at radius 3 is 2.88 bits per heavy atom. The Bertz CT molecular complexity index is 445. The Morgan fingerprint density at radius 1 is 1.35 bits per heavy atom. The summed E-state index contributed by atoms with van der Waals surface area (Å²) >= 11 is 0. The number of ether oxygens (including phenoxy) is 1. The smallest absolute Gasteiger partial charge is 0.309 e. The molecule has 0 radical (unpaired) electrons. The first-order valence-corrected chi connectivity index (χ1v) is 5.52. The molecule has 17 heavy (non-hydrogen) atoms. The maximum Gasteiger partial charge on any atom is 0.309 e. The van der Waals surface area contributed by atoms with Gasteiger partial charge in [0, 0.05) is 5.69 Å². The molecule has 0 fully saturated rings. The predicted molar refractivity (Wildman–Crippen MR) is 62.6 cm³/mol. The minimum absolute atomic E-state index is 0.119. The lowest BCUT2D eigenvalue weighted by Crippen LogP contribution is -2.46. The van der Waals surface area contributed by atoms with Gasteiger partial charge < -0.3 is 15.4 Å². The lowest BCUT2D eigenvalue weighted by molar-refractivity contribution is -0.143. The summed E-state index contributed by atoms with van der Waals surface area (Å²) in [6.45, 7) is 2.09. The van der Waals surface area contributed by atoms with E-state index in [9.17, 15) is 9.59 Å². The van der Waals surface area contributed by atoms with Gasteiger partial charge in [-0.2, -0.15) is 0 Å². The highest BCUT2D eigenvalue weighted by atomic mass is 16.5. The minimum Gasteiger partial charge on any atom is -0.466 e. The van der Waals surface area contributed by atoms with E-state index < -0.39 is 6.17 Å². The number of benzene rings is 1. The molecule has 0 aliphatic carbocycles. The van der Waals surface area contributed by atoms with Crippen molar-refractivity contribution in [3.05, 3.63) is 29.8 Å². The normalized spacial score (nSPS) is 17.7. The number of para-hydroxylation sites is 1. The van der Waals surface area contributed by atoms with Crippen molar-refractivity contribution in [2.45, 2.75) is 19.5 Å². The molecule has 2 N–H and O–H groups in total. The van der Waals surface area contributed by atoms with E-state index in [0.29, 0.717) is 12.2 Å². The van der Waals surface area contributed by atoms with Gasteiger partial charge in [-0.1, -0.05) is 12.1 Å². The highest BCUT2D eigenvalue weighted by Crippen LogP contribution is 2.20. The second-order valence-electron chi connectivity index (χ2n) is 3.73. The maximum atomic E-state index is 11.7. The van der Waals surface area contributed by atoms with Crippen molar-refractivity contribution in [1.82, 2.24) is 5.32 Å². The van der Waals surface area contributed by atoms with Crippen LogP contribution in [0.5, 0.6) is 0 Å². The maximum absolute atomic E-state index is 11.7. The van der Waals surface area contributed by atoms with E-state index in [0.717, 1.165) is 5.69 Å². The predicted octanol–water partition coefficient (Wildman–Crippen LogP) is 1.12. The molecule has 0 spiro atoms. The van der Waals surface area contributed by atoms with Crippen LogP contribution >= 0.6 is 0 Å². The van der Waals surface area contributed by atoms with Gasteiger partial charge in [-0.3, -0.25) is 9.59 Å². The van der Waals surface area contributed by atoms with E-state index in [1.165, 1.54) is 0 Å². The summed E-state index contributed by atoms with van der Waals surface area (Å²) in [7, 11) is 0. The van der Waals surface area contributed by atoms with E-state index >= 15 is 0 Å². The number of hydrogen-bond acceptors (Lipinski definition) is 4. The molecule has 1 aromatic carbocycles. The fraction of sp³-hybridized carbons (Fsp3) is 0.333. The molecule has 0 saturated heterocycles. The van der Waals surface area contributed by atoms with Crippen molar-refractivity contribution in [2.24, 2.45) is 0 Å². The molecule has 5 heteroatoms. The lowest BCUT2D eigenvalue weighted by atomic mass is 10.1. The Balaban J connectivity index is 2.07. The SMILES string of the molecule is CCOC(=O)CC1NC(=O)c2ccccc2N1. The first kappa shape index (κ1) is 11.4. The van der Waals surface area contributed by atoms with Crippen LogP contribution in [0, 0.1) is 0 Å². The zero-order chi connectivity index (χ0) is 12.3. The number of rotatable bonds is 3. The Kier molecular flexibility index (Phi) is 3.27. The quantitative estimate of drug-likeness (QED) is 0.769. The van der Waals surface area contributed by atoms with Crippen LogP contribution in [0.25, 0.3) is 0 Å².